The number of hydrogen-bond donors (Lipinski definition) is 1. The van der Waals surface area contributed by atoms with Crippen LogP contribution in [0.2, 0.25) is 0 Å². The lowest BCUT2D eigenvalue weighted by atomic mass is 10.0. The second kappa shape index (κ2) is 17.5. The molecule has 0 aromatic heterocycles. The summed E-state index contributed by atoms with van der Waals surface area (Å²) in [5.41, 5.74) is 0. The normalized spacial score (nSPS) is 11.5. The predicted molar refractivity (Wildman–Crippen MR) is 103 cm³/mol. The van der Waals surface area contributed by atoms with E-state index in [4.69, 9.17) is 0 Å². The molecule has 0 saturated heterocycles. The second-order valence-corrected chi connectivity index (χ2v) is 6.71. The lowest BCUT2D eigenvalue weighted by Gasteiger charge is -2.03. The van der Waals surface area contributed by atoms with Crippen molar-refractivity contribution < 1.29 is 19.4 Å². The standard InChI is InChI=1S/C21H38O4/c1-3-5-6-7-8-9-10-11-12-13-14-15-16-17-19(22)18-20(23)21(24)25-4-2/h18,23H,3-17H2,1-2H3/b20-18+. The van der Waals surface area contributed by atoms with E-state index in [1.54, 1.807) is 6.92 Å². The number of unbranched alkanes of at least 4 members (excludes halogenated alkanes) is 12. The van der Waals surface area contributed by atoms with E-state index in [2.05, 4.69) is 11.7 Å². The molecule has 146 valence electrons. The zero-order chi connectivity index (χ0) is 18.8. The third-order valence-electron chi connectivity index (χ3n) is 4.31. The number of ether oxygens (including phenoxy) is 1. The van der Waals surface area contributed by atoms with Gasteiger partial charge in [-0.15, -0.1) is 0 Å². The zero-order valence-electron chi connectivity index (χ0n) is 16.4. The van der Waals surface area contributed by atoms with Crippen molar-refractivity contribution in [2.45, 2.75) is 104 Å². The van der Waals surface area contributed by atoms with E-state index >= 15 is 0 Å². The first-order valence-electron chi connectivity index (χ1n) is 10.2. The molecule has 1 N–H and O–H groups in total. The van der Waals surface area contributed by atoms with E-state index in [0.29, 0.717) is 6.42 Å². The van der Waals surface area contributed by atoms with Gasteiger partial charge in [0.15, 0.2) is 5.78 Å². The molecule has 0 aliphatic heterocycles. The topological polar surface area (TPSA) is 63.6 Å². The quantitative estimate of drug-likeness (QED) is 0.150. The molecule has 0 spiro atoms. The molecule has 0 heterocycles. The lowest BCUT2D eigenvalue weighted by Crippen LogP contribution is -2.09. The van der Waals surface area contributed by atoms with Gasteiger partial charge in [-0.05, 0) is 13.3 Å². The molecule has 4 nitrogen and oxygen atoms in total. The molecule has 0 bridgehead atoms. The minimum Gasteiger partial charge on any atom is -0.502 e. The van der Waals surface area contributed by atoms with Crippen LogP contribution in [0.3, 0.4) is 0 Å². The van der Waals surface area contributed by atoms with Crippen molar-refractivity contribution in [3.8, 4) is 0 Å². The molecule has 0 unspecified atom stereocenters. The Kier molecular flexibility index (Phi) is 16.6. The van der Waals surface area contributed by atoms with Crippen molar-refractivity contribution in [3.63, 3.8) is 0 Å². The monoisotopic (exact) mass is 354 g/mol. The summed E-state index contributed by atoms with van der Waals surface area (Å²) in [4.78, 5) is 22.8. The molecular weight excluding hydrogens is 316 g/mol. The lowest BCUT2D eigenvalue weighted by molar-refractivity contribution is -0.141. The molecule has 0 aromatic carbocycles. The average Bonchev–Trinajstić information content (AvgIpc) is 2.59. The Labute approximate surface area is 154 Å². The molecule has 0 atom stereocenters. The first kappa shape index (κ1) is 23.7. The van der Waals surface area contributed by atoms with Gasteiger partial charge in [0.1, 0.15) is 0 Å². The number of ketones is 1. The third kappa shape index (κ3) is 15.9. The van der Waals surface area contributed by atoms with Crippen LogP contribution < -0.4 is 0 Å². The van der Waals surface area contributed by atoms with Gasteiger partial charge in [0.25, 0.3) is 0 Å². The van der Waals surface area contributed by atoms with E-state index in [9.17, 15) is 14.7 Å². The number of esters is 1. The maximum absolute atomic E-state index is 11.6. The van der Waals surface area contributed by atoms with Gasteiger partial charge in [-0.3, -0.25) is 4.79 Å². The van der Waals surface area contributed by atoms with Gasteiger partial charge in [0.05, 0.1) is 6.61 Å². The van der Waals surface area contributed by atoms with Gasteiger partial charge < -0.3 is 9.84 Å². The summed E-state index contributed by atoms with van der Waals surface area (Å²) in [7, 11) is 0. The summed E-state index contributed by atoms with van der Waals surface area (Å²) in [5, 5.41) is 9.39. The van der Waals surface area contributed by atoms with Crippen LogP contribution in [0.1, 0.15) is 104 Å². The van der Waals surface area contributed by atoms with Crippen LogP contribution in [-0.4, -0.2) is 23.5 Å². The van der Waals surface area contributed by atoms with E-state index < -0.39 is 11.7 Å². The number of rotatable bonds is 17. The fraction of sp³-hybridized carbons (Fsp3) is 0.810. The fourth-order valence-corrected chi connectivity index (χ4v) is 2.81. The minimum absolute atomic E-state index is 0.184. The summed E-state index contributed by atoms with van der Waals surface area (Å²) in [6.07, 6.45) is 17.8. The van der Waals surface area contributed by atoms with Gasteiger partial charge >= 0.3 is 5.97 Å². The molecule has 0 rings (SSSR count). The fourth-order valence-electron chi connectivity index (χ4n) is 2.81. The maximum atomic E-state index is 11.6. The van der Waals surface area contributed by atoms with Crippen LogP contribution in [0, 0.1) is 0 Å². The number of allylic oxidation sites excluding steroid dienone is 1. The summed E-state index contributed by atoms with van der Waals surface area (Å²) >= 11 is 0. The van der Waals surface area contributed by atoms with E-state index in [1.807, 2.05) is 0 Å². The highest BCUT2D eigenvalue weighted by atomic mass is 16.5. The summed E-state index contributed by atoms with van der Waals surface area (Å²) in [5.74, 6) is -1.64. The average molecular weight is 355 g/mol. The van der Waals surface area contributed by atoms with Gasteiger partial charge in [0.2, 0.25) is 5.76 Å². The SMILES string of the molecule is CCCCCCCCCCCCCCCC(=O)/C=C(/O)C(=O)OCC. The molecule has 0 amide bonds. The van der Waals surface area contributed by atoms with Crippen molar-refractivity contribution in [3.05, 3.63) is 11.8 Å². The number of hydrogen-bond acceptors (Lipinski definition) is 4. The summed E-state index contributed by atoms with van der Waals surface area (Å²) in [6, 6.07) is 0. The Bertz CT molecular complexity index is 374. The van der Waals surface area contributed by atoms with Gasteiger partial charge in [-0.25, -0.2) is 4.79 Å². The molecule has 25 heavy (non-hydrogen) atoms. The van der Waals surface area contributed by atoms with E-state index in [0.717, 1.165) is 25.3 Å². The molecule has 0 radical (unpaired) electrons. The highest BCUT2D eigenvalue weighted by Crippen LogP contribution is 2.13. The number of aliphatic hydroxyl groups is 1. The van der Waals surface area contributed by atoms with Crippen LogP contribution in [0.25, 0.3) is 0 Å². The summed E-state index contributed by atoms with van der Waals surface area (Å²) in [6.45, 7) is 4.09. The highest BCUT2D eigenvalue weighted by Gasteiger charge is 2.10. The largest absolute Gasteiger partial charge is 0.502 e. The molecule has 0 aromatic rings. The third-order valence-corrected chi connectivity index (χ3v) is 4.31. The van der Waals surface area contributed by atoms with E-state index in [1.165, 1.54) is 64.2 Å². The summed E-state index contributed by atoms with van der Waals surface area (Å²) < 4.78 is 4.62. The first-order chi connectivity index (χ1) is 12.1. The molecule has 0 aliphatic carbocycles. The Balaban J connectivity index is 3.42. The Morgan fingerprint density at radius 1 is 0.760 bits per heavy atom. The highest BCUT2D eigenvalue weighted by molar-refractivity contribution is 5.97. The molecule has 0 saturated carbocycles. The second-order valence-electron chi connectivity index (χ2n) is 6.71. The zero-order valence-corrected chi connectivity index (χ0v) is 16.4. The minimum atomic E-state index is -0.832. The van der Waals surface area contributed by atoms with Crippen molar-refractivity contribution >= 4 is 11.8 Å². The molecular formula is C21H38O4. The Morgan fingerprint density at radius 3 is 1.64 bits per heavy atom. The predicted octanol–water partition coefficient (Wildman–Crippen LogP) is 6.04. The van der Waals surface area contributed by atoms with E-state index in [-0.39, 0.29) is 12.4 Å². The first-order valence-corrected chi connectivity index (χ1v) is 10.2. The van der Waals surface area contributed by atoms with Gasteiger partial charge in [0, 0.05) is 12.5 Å². The molecule has 0 fully saturated rings. The smallest absolute Gasteiger partial charge is 0.373 e. The molecule has 4 heteroatoms. The number of carbonyl (C=O) groups is 2. The van der Waals surface area contributed by atoms with Crippen LogP contribution in [-0.2, 0) is 14.3 Å². The van der Waals surface area contributed by atoms with Crippen LogP contribution in [0.15, 0.2) is 11.8 Å². The number of aliphatic hydroxyl groups excluding tert-OH is 1. The van der Waals surface area contributed by atoms with Crippen molar-refractivity contribution in [2.24, 2.45) is 0 Å². The van der Waals surface area contributed by atoms with Crippen molar-refractivity contribution in [1.82, 2.24) is 0 Å². The Morgan fingerprint density at radius 2 is 1.20 bits per heavy atom. The van der Waals surface area contributed by atoms with Crippen LogP contribution in [0.4, 0.5) is 0 Å². The van der Waals surface area contributed by atoms with Gasteiger partial charge in [-0.1, -0.05) is 84.0 Å². The molecule has 0 aliphatic rings. The van der Waals surface area contributed by atoms with Crippen LogP contribution >= 0.6 is 0 Å². The maximum Gasteiger partial charge on any atom is 0.373 e. The van der Waals surface area contributed by atoms with Crippen molar-refractivity contribution in [2.75, 3.05) is 6.61 Å². The van der Waals surface area contributed by atoms with Crippen LogP contribution in [0.5, 0.6) is 0 Å². The van der Waals surface area contributed by atoms with Gasteiger partial charge in [-0.2, -0.15) is 0 Å². The Hall–Kier alpha value is -1.32. The number of carbonyl (C=O) groups excluding carboxylic acids is 2. The van der Waals surface area contributed by atoms with Crippen molar-refractivity contribution in [1.29, 1.82) is 0 Å².